The second-order valence-corrected chi connectivity index (χ2v) is 7.42. The number of nitriles is 3. The summed E-state index contributed by atoms with van der Waals surface area (Å²) in [5.74, 6) is -1.78. The van der Waals surface area contributed by atoms with Gasteiger partial charge < -0.3 is 10.3 Å². The molecule has 0 bridgehead atoms. The third-order valence-electron chi connectivity index (χ3n) is 5.30. The molecular weight excluding hydrogens is 369 g/mol. The Morgan fingerprint density at radius 2 is 1.92 bits per heavy atom. The summed E-state index contributed by atoms with van der Waals surface area (Å²) in [6.07, 6.45) is 2.52. The van der Waals surface area contributed by atoms with Crippen molar-refractivity contribution in [2.24, 2.45) is 17.3 Å². The predicted molar refractivity (Wildman–Crippen MR) is 98.5 cm³/mol. The van der Waals surface area contributed by atoms with Gasteiger partial charge in [-0.3, -0.25) is 0 Å². The van der Waals surface area contributed by atoms with Crippen LogP contribution in [0.15, 0.2) is 30.0 Å². The lowest BCUT2D eigenvalue weighted by Gasteiger charge is -2.47. The summed E-state index contributed by atoms with van der Waals surface area (Å²) in [5, 5.41) is 38.7. The Hall–Kier alpha value is -2.52. The van der Waals surface area contributed by atoms with E-state index in [-0.39, 0.29) is 16.7 Å². The van der Waals surface area contributed by atoms with Gasteiger partial charge in [0.15, 0.2) is 5.41 Å². The number of nitrogens with one attached hydrogen (secondary N) is 1. The Balaban J connectivity index is 2.32. The molecule has 0 aromatic heterocycles. The molecule has 1 saturated carbocycles. The molecule has 1 aliphatic heterocycles. The highest BCUT2D eigenvalue weighted by Gasteiger charge is 2.58. The van der Waals surface area contributed by atoms with Crippen molar-refractivity contribution in [3.63, 3.8) is 0 Å². The fourth-order valence-electron chi connectivity index (χ4n) is 4.07. The molecule has 1 aromatic carbocycles. The van der Waals surface area contributed by atoms with Gasteiger partial charge in [0, 0.05) is 19.5 Å². The first-order valence-electron chi connectivity index (χ1n) is 8.08. The summed E-state index contributed by atoms with van der Waals surface area (Å²) in [5.41, 5.74) is -0.617. The van der Waals surface area contributed by atoms with Crippen LogP contribution >= 0.6 is 23.2 Å². The van der Waals surface area contributed by atoms with E-state index in [9.17, 15) is 15.8 Å². The summed E-state index contributed by atoms with van der Waals surface area (Å²) in [4.78, 5) is 1.96. The number of fused-ring (bicyclic) bond motifs is 1. The number of hydrogen-bond acceptors (Lipinski definition) is 5. The van der Waals surface area contributed by atoms with Crippen LogP contribution in [0.4, 0.5) is 0 Å². The van der Waals surface area contributed by atoms with Crippen LogP contribution in [0.5, 0.6) is 0 Å². The molecule has 1 unspecified atom stereocenters. The maximum absolute atomic E-state index is 9.93. The molecule has 3 atom stereocenters. The number of benzene rings is 1. The Labute approximate surface area is 162 Å². The molecule has 0 spiro atoms. The quantitative estimate of drug-likeness (QED) is 0.787. The molecule has 0 saturated heterocycles. The van der Waals surface area contributed by atoms with Gasteiger partial charge in [-0.15, -0.1) is 0 Å². The van der Waals surface area contributed by atoms with Crippen LogP contribution in [0, 0.1) is 56.7 Å². The van der Waals surface area contributed by atoms with Crippen LogP contribution in [0.1, 0.15) is 17.9 Å². The third-order valence-corrected chi connectivity index (χ3v) is 6.14. The number of rotatable bonds is 1. The Morgan fingerprint density at radius 1 is 1.23 bits per heavy atom. The standard InChI is InChI=1S/C19H15Cl2N5/c1-26-6-5-11-14(8-26)13(7-22)18(25)19(9-23,10-24)16(11)12-3-2-4-15(20)17(12)21/h2-4,8,11,13,16,25H,5-6H2,1H3/t11-,13?,16+/m0/s1. The van der Waals surface area contributed by atoms with Gasteiger partial charge >= 0.3 is 0 Å². The van der Waals surface area contributed by atoms with E-state index in [0.717, 1.165) is 12.1 Å². The van der Waals surface area contributed by atoms with Crippen LogP contribution in [0.2, 0.25) is 10.0 Å². The summed E-state index contributed by atoms with van der Waals surface area (Å²) in [6, 6.07) is 11.3. The van der Waals surface area contributed by atoms with Crippen molar-refractivity contribution >= 4 is 28.9 Å². The van der Waals surface area contributed by atoms with Gasteiger partial charge in [0.25, 0.3) is 0 Å². The van der Waals surface area contributed by atoms with Crippen molar-refractivity contribution in [1.82, 2.24) is 4.90 Å². The molecule has 7 heteroatoms. The van der Waals surface area contributed by atoms with Crippen molar-refractivity contribution < 1.29 is 0 Å². The first kappa shape index (κ1) is 18.3. The highest BCUT2D eigenvalue weighted by atomic mass is 35.5. The normalized spacial score (nSPS) is 26.8. The minimum atomic E-state index is -1.76. The highest BCUT2D eigenvalue weighted by Crippen LogP contribution is 2.56. The van der Waals surface area contributed by atoms with Gasteiger partial charge in [0.1, 0.15) is 5.92 Å². The molecule has 0 radical (unpaired) electrons. The van der Waals surface area contributed by atoms with Crippen LogP contribution in [-0.2, 0) is 0 Å². The number of halogens is 2. The van der Waals surface area contributed by atoms with E-state index in [1.807, 2.05) is 30.3 Å². The highest BCUT2D eigenvalue weighted by molar-refractivity contribution is 6.42. The molecule has 1 aromatic rings. The molecule has 3 rings (SSSR count). The van der Waals surface area contributed by atoms with Gasteiger partial charge in [0.2, 0.25) is 0 Å². The van der Waals surface area contributed by atoms with Crippen LogP contribution in [-0.4, -0.2) is 24.2 Å². The number of allylic oxidation sites excluding steroid dienone is 1. The van der Waals surface area contributed by atoms with E-state index in [4.69, 9.17) is 28.6 Å². The maximum atomic E-state index is 9.93. The SMILES string of the molecule is CN1C=C2C(C#N)C(=N)C(C#N)(C#N)[C@@H](c3cccc(Cl)c3Cl)[C@H]2CC1. The van der Waals surface area contributed by atoms with Crippen molar-refractivity contribution in [3.8, 4) is 18.2 Å². The Morgan fingerprint density at radius 3 is 2.54 bits per heavy atom. The van der Waals surface area contributed by atoms with Crippen LogP contribution in [0.3, 0.4) is 0 Å². The molecule has 1 aliphatic carbocycles. The average molecular weight is 384 g/mol. The topological polar surface area (TPSA) is 98.5 Å². The largest absolute Gasteiger partial charge is 0.380 e. The maximum Gasteiger partial charge on any atom is 0.189 e. The summed E-state index contributed by atoms with van der Waals surface area (Å²) in [6.45, 7) is 0.723. The average Bonchev–Trinajstić information content (AvgIpc) is 2.64. The zero-order valence-corrected chi connectivity index (χ0v) is 15.5. The molecule has 2 aliphatic rings. The van der Waals surface area contributed by atoms with Crippen molar-refractivity contribution in [3.05, 3.63) is 45.6 Å². The minimum Gasteiger partial charge on any atom is -0.380 e. The monoisotopic (exact) mass is 383 g/mol. The van der Waals surface area contributed by atoms with Gasteiger partial charge in [-0.1, -0.05) is 35.3 Å². The van der Waals surface area contributed by atoms with Gasteiger partial charge in [-0.2, -0.15) is 15.8 Å². The second kappa shape index (κ2) is 6.65. The molecule has 1 heterocycles. The van der Waals surface area contributed by atoms with Gasteiger partial charge in [-0.25, -0.2) is 0 Å². The van der Waals surface area contributed by atoms with E-state index in [2.05, 4.69) is 6.07 Å². The summed E-state index contributed by atoms with van der Waals surface area (Å²) < 4.78 is 0. The second-order valence-electron chi connectivity index (χ2n) is 6.63. The van der Waals surface area contributed by atoms with Crippen LogP contribution < -0.4 is 0 Å². The Bertz CT molecular complexity index is 917. The smallest absolute Gasteiger partial charge is 0.189 e. The van der Waals surface area contributed by atoms with E-state index in [1.165, 1.54) is 0 Å². The van der Waals surface area contributed by atoms with E-state index in [1.54, 1.807) is 18.2 Å². The Kier molecular flexibility index (Phi) is 4.68. The predicted octanol–water partition coefficient (Wildman–Crippen LogP) is 4.12. The number of nitrogens with zero attached hydrogens (tertiary/aromatic N) is 4. The van der Waals surface area contributed by atoms with E-state index >= 15 is 0 Å². The van der Waals surface area contributed by atoms with Gasteiger partial charge in [0.05, 0.1) is 34.0 Å². The molecule has 5 nitrogen and oxygen atoms in total. The molecule has 1 fully saturated rings. The lowest BCUT2D eigenvalue weighted by molar-refractivity contribution is 0.272. The summed E-state index contributed by atoms with van der Waals surface area (Å²) >= 11 is 12.6. The molecule has 1 N–H and O–H groups in total. The first-order chi connectivity index (χ1) is 12.4. The van der Waals surface area contributed by atoms with Gasteiger partial charge in [-0.05, 0) is 35.7 Å². The first-order valence-corrected chi connectivity index (χ1v) is 8.83. The van der Waals surface area contributed by atoms with Crippen molar-refractivity contribution in [2.45, 2.75) is 12.3 Å². The number of hydrogen-bond donors (Lipinski definition) is 1. The van der Waals surface area contributed by atoms with E-state index in [0.29, 0.717) is 17.0 Å². The fourth-order valence-corrected chi connectivity index (χ4v) is 4.50. The van der Waals surface area contributed by atoms with E-state index < -0.39 is 17.3 Å². The molecular formula is C19H15Cl2N5. The zero-order chi connectivity index (χ0) is 19.1. The lowest BCUT2D eigenvalue weighted by Crippen LogP contribution is -2.50. The van der Waals surface area contributed by atoms with Crippen molar-refractivity contribution in [2.75, 3.05) is 13.6 Å². The molecule has 0 amide bonds. The third kappa shape index (κ3) is 2.46. The molecule has 130 valence electrons. The summed E-state index contributed by atoms with van der Waals surface area (Å²) in [7, 11) is 1.90. The van der Waals surface area contributed by atoms with Crippen LogP contribution in [0.25, 0.3) is 0 Å². The molecule has 26 heavy (non-hydrogen) atoms. The van der Waals surface area contributed by atoms with Crippen molar-refractivity contribution in [1.29, 1.82) is 21.2 Å². The fraction of sp³-hybridized carbons (Fsp3) is 0.368. The minimum absolute atomic E-state index is 0.191. The zero-order valence-electron chi connectivity index (χ0n) is 14.0. The lowest BCUT2D eigenvalue weighted by atomic mass is 9.54.